The first kappa shape index (κ1) is 26.6. The van der Waals surface area contributed by atoms with Gasteiger partial charge in [0, 0.05) is 37.9 Å². The van der Waals surface area contributed by atoms with Crippen LogP contribution in [0.15, 0.2) is 140 Å². The Balaban J connectivity index is 1.09. The normalized spacial score (nSPS) is 13.5. The van der Waals surface area contributed by atoms with Crippen LogP contribution in [0.25, 0.3) is 81.4 Å². The average Bonchev–Trinajstić information content (AvgIpc) is 3.74. The summed E-state index contributed by atoms with van der Waals surface area (Å²) < 4.78 is 3.45. The first-order valence-corrected chi connectivity index (χ1v) is 16.9. The molecule has 10 rings (SSSR count). The van der Waals surface area contributed by atoms with Crippen LogP contribution in [-0.4, -0.2) is 14.5 Å². The molecule has 0 saturated heterocycles. The third-order valence-electron chi connectivity index (χ3n) is 10.1. The van der Waals surface area contributed by atoms with Gasteiger partial charge in [0.1, 0.15) is 16.3 Å². The highest BCUT2D eigenvalue weighted by Gasteiger charge is 2.35. The highest BCUT2D eigenvalue weighted by atomic mass is 32.1. The molecule has 0 spiro atoms. The van der Waals surface area contributed by atoms with E-state index in [1.54, 1.807) is 11.3 Å². The van der Waals surface area contributed by atoms with Crippen molar-refractivity contribution in [3.05, 3.63) is 151 Å². The van der Waals surface area contributed by atoms with Gasteiger partial charge in [0.25, 0.3) is 0 Å². The molecule has 4 heteroatoms. The Kier molecular flexibility index (Phi) is 5.50. The van der Waals surface area contributed by atoms with Gasteiger partial charge in [-0.05, 0) is 87.0 Å². The van der Waals surface area contributed by atoms with Crippen LogP contribution in [0.2, 0.25) is 0 Å². The molecule has 0 saturated carbocycles. The van der Waals surface area contributed by atoms with Crippen molar-refractivity contribution >= 4 is 53.6 Å². The summed E-state index contributed by atoms with van der Waals surface area (Å²) >= 11 is 1.77. The smallest absolute Gasteiger partial charge is 0.146 e. The topological polar surface area (TPSA) is 30.7 Å². The number of pyridine rings is 2. The van der Waals surface area contributed by atoms with E-state index in [0.717, 1.165) is 27.2 Å². The van der Waals surface area contributed by atoms with Crippen LogP contribution in [0.1, 0.15) is 25.0 Å². The van der Waals surface area contributed by atoms with Crippen molar-refractivity contribution < 1.29 is 0 Å². The molecule has 0 N–H and O–H groups in total. The number of hydrogen-bond donors (Lipinski definition) is 0. The van der Waals surface area contributed by atoms with Gasteiger partial charge in [0.15, 0.2) is 0 Å². The summed E-state index contributed by atoms with van der Waals surface area (Å²) in [6, 6.07) is 48.5. The molecule has 3 nitrogen and oxygen atoms in total. The number of rotatable bonds is 3. The van der Waals surface area contributed by atoms with E-state index in [9.17, 15) is 0 Å². The monoisotopic (exact) mass is 619 g/mol. The molecule has 0 fully saturated rings. The Labute approximate surface area is 276 Å². The Morgan fingerprint density at radius 2 is 1.30 bits per heavy atom. The van der Waals surface area contributed by atoms with Crippen LogP contribution in [0.5, 0.6) is 0 Å². The third kappa shape index (κ3) is 3.79. The van der Waals surface area contributed by atoms with Crippen LogP contribution in [0.4, 0.5) is 0 Å². The molecular weight excluding hydrogens is 591 g/mol. The fraction of sp³-hybridized carbons (Fsp3) is 0.0698. The molecule has 5 aromatic carbocycles. The van der Waals surface area contributed by atoms with Gasteiger partial charge in [-0.2, -0.15) is 0 Å². The third-order valence-corrected chi connectivity index (χ3v) is 11.3. The van der Waals surface area contributed by atoms with Gasteiger partial charge in [0.05, 0.1) is 5.52 Å². The van der Waals surface area contributed by atoms with Crippen molar-refractivity contribution in [3.63, 3.8) is 0 Å². The summed E-state index contributed by atoms with van der Waals surface area (Å²) in [6.45, 7) is 4.69. The van der Waals surface area contributed by atoms with E-state index in [1.165, 1.54) is 65.4 Å². The van der Waals surface area contributed by atoms with Crippen molar-refractivity contribution in [2.45, 2.75) is 19.3 Å². The molecule has 9 aromatic rings. The molecule has 222 valence electrons. The van der Waals surface area contributed by atoms with Crippen LogP contribution in [-0.2, 0) is 5.41 Å². The fourth-order valence-corrected chi connectivity index (χ4v) is 9.00. The number of para-hydroxylation sites is 1. The number of nitrogens with zero attached hydrogens (tertiary/aromatic N) is 3. The number of benzene rings is 5. The molecule has 4 heterocycles. The highest BCUT2D eigenvalue weighted by Crippen LogP contribution is 2.49. The molecule has 1 aliphatic carbocycles. The lowest BCUT2D eigenvalue weighted by atomic mass is 9.81. The second kappa shape index (κ2) is 9.71. The minimum atomic E-state index is -0.0244. The van der Waals surface area contributed by atoms with E-state index >= 15 is 0 Å². The molecule has 0 aliphatic heterocycles. The molecule has 47 heavy (non-hydrogen) atoms. The maximum atomic E-state index is 5.26. The van der Waals surface area contributed by atoms with Gasteiger partial charge < -0.3 is 0 Å². The summed E-state index contributed by atoms with van der Waals surface area (Å²) in [6.07, 6.45) is 1.86. The SMILES string of the molecule is CC1(C)c2ccccc2-c2ccc(-c3cccc(-c4cccc5c4sc4nc(-n6c7ccccc7c7cccnc76)ccc45)c3)cc21. The Morgan fingerprint density at radius 1 is 0.553 bits per heavy atom. The largest absolute Gasteiger partial charge is 0.278 e. The zero-order chi connectivity index (χ0) is 31.3. The summed E-state index contributed by atoms with van der Waals surface area (Å²) in [5.41, 5.74) is 12.5. The number of hydrogen-bond acceptors (Lipinski definition) is 3. The lowest BCUT2D eigenvalue weighted by Crippen LogP contribution is -2.14. The molecule has 0 unspecified atom stereocenters. The molecule has 1 aliphatic rings. The number of thiophene rings is 1. The van der Waals surface area contributed by atoms with Gasteiger partial charge in [-0.1, -0.05) is 105 Å². The summed E-state index contributed by atoms with van der Waals surface area (Å²) in [7, 11) is 0. The van der Waals surface area contributed by atoms with E-state index in [4.69, 9.17) is 9.97 Å². The van der Waals surface area contributed by atoms with E-state index < -0.39 is 0 Å². The number of fused-ring (bicyclic) bond motifs is 9. The quantitative estimate of drug-likeness (QED) is 0.197. The van der Waals surface area contributed by atoms with Crippen LogP contribution in [0.3, 0.4) is 0 Å². The Morgan fingerprint density at radius 3 is 2.26 bits per heavy atom. The number of aromatic nitrogens is 3. The molecule has 0 atom stereocenters. The Hall–Kier alpha value is -5.58. The van der Waals surface area contributed by atoms with Gasteiger partial charge >= 0.3 is 0 Å². The van der Waals surface area contributed by atoms with Crippen molar-refractivity contribution in [1.82, 2.24) is 14.5 Å². The second-order valence-corrected chi connectivity index (χ2v) is 14.0. The lowest BCUT2D eigenvalue weighted by molar-refractivity contribution is 0.660. The lowest BCUT2D eigenvalue weighted by Gasteiger charge is -2.22. The van der Waals surface area contributed by atoms with Gasteiger partial charge in [0.2, 0.25) is 0 Å². The van der Waals surface area contributed by atoms with Gasteiger partial charge in [-0.25, -0.2) is 9.97 Å². The summed E-state index contributed by atoms with van der Waals surface area (Å²) in [5, 5.41) is 4.75. The first-order valence-electron chi connectivity index (χ1n) is 16.1. The minimum Gasteiger partial charge on any atom is -0.278 e. The standard InChI is InChI=1S/C43H29N3S/c1-43(2)36-17-5-3-12-30(36)31-20-19-27(25-37(31)43)26-10-7-11-28(24-26)29-14-8-15-33-35-21-22-39(45-42(35)47-40(29)33)46-38-18-6-4-13-32(38)34-16-9-23-44-41(34)46/h3-25H,1-2H3. The van der Waals surface area contributed by atoms with Crippen molar-refractivity contribution in [1.29, 1.82) is 0 Å². The second-order valence-electron chi connectivity index (χ2n) is 13.0. The maximum absolute atomic E-state index is 5.26. The van der Waals surface area contributed by atoms with Crippen molar-refractivity contribution in [2.24, 2.45) is 0 Å². The Bertz CT molecular complexity index is 2670. The first-order chi connectivity index (χ1) is 23.1. The zero-order valence-electron chi connectivity index (χ0n) is 26.0. The van der Waals surface area contributed by atoms with Crippen LogP contribution in [0, 0.1) is 0 Å². The van der Waals surface area contributed by atoms with Gasteiger partial charge in [-0.15, -0.1) is 11.3 Å². The van der Waals surface area contributed by atoms with Crippen molar-refractivity contribution in [2.75, 3.05) is 0 Å². The fourth-order valence-electron chi connectivity index (χ4n) is 7.80. The molecule has 4 aromatic heterocycles. The van der Waals surface area contributed by atoms with E-state index in [-0.39, 0.29) is 5.41 Å². The molecule has 0 amide bonds. The zero-order valence-corrected chi connectivity index (χ0v) is 26.8. The van der Waals surface area contributed by atoms with Gasteiger partial charge in [-0.3, -0.25) is 4.57 Å². The highest BCUT2D eigenvalue weighted by molar-refractivity contribution is 7.26. The van der Waals surface area contributed by atoms with E-state index in [0.29, 0.717) is 0 Å². The van der Waals surface area contributed by atoms with Crippen molar-refractivity contribution in [3.8, 4) is 39.2 Å². The van der Waals surface area contributed by atoms with Crippen LogP contribution >= 0.6 is 11.3 Å². The van der Waals surface area contributed by atoms with E-state index in [1.807, 2.05) is 12.3 Å². The van der Waals surface area contributed by atoms with Crippen LogP contribution < -0.4 is 0 Å². The molecule has 0 bridgehead atoms. The average molecular weight is 620 g/mol. The minimum absolute atomic E-state index is 0.0244. The predicted molar refractivity (Wildman–Crippen MR) is 198 cm³/mol. The molecular formula is C43H29N3S. The maximum Gasteiger partial charge on any atom is 0.146 e. The predicted octanol–water partition coefficient (Wildman–Crippen LogP) is 11.6. The molecule has 0 radical (unpaired) electrons. The summed E-state index contributed by atoms with van der Waals surface area (Å²) in [5.74, 6) is 0.888. The summed E-state index contributed by atoms with van der Waals surface area (Å²) in [4.78, 5) is 11.1. The van der Waals surface area contributed by atoms with E-state index in [2.05, 4.69) is 146 Å².